The number of benzene rings is 2. The van der Waals surface area contributed by atoms with Gasteiger partial charge in [-0.15, -0.1) is 10.2 Å². The molecule has 4 rings (SSSR count). The molecule has 1 amide bonds. The van der Waals surface area contributed by atoms with Crippen LogP contribution in [0.3, 0.4) is 0 Å². The first-order valence-corrected chi connectivity index (χ1v) is 10.3. The molecule has 1 saturated heterocycles. The van der Waals surface area contributed by atoms with Gasteiger partial charge in [-0.3, -0.25) is 4.79 Å². The molecule has 3 aromatic rings. The van der Waals surface area contributed by atoms with E-state index in [2.05, 4.69) is 20.4 Å². The summed E-state index contributed by atoms with van der Waals surface area (Å²) in [5.41, 5.74) is 3.21. The first-order valence-electron chi connectivity index (χ1n) is 9.91. The van der Waals surface area contributed by atoms with Gasteiger partial charge in [-0.05, 0) is 73.9 Å². The van der Waals surface area contributed by atoms with Crippen LogP contribution in [0.1, 0.15) is 18.4 Å². The quantitative estimate of drug-likeness (QED) is 0.633. The monoisotopic (exact) mass is 424 g/mol. The minimum Gasteiger partial charge on any atom is -0.354 e. The smallest absolute Gasteiger partial charge is 0.229 e. The number of aromatic nitrogens is 2. The number of hydrogen-bond acceptors (Lipinski definition) is 4. The van der Waals surface area contributed by atoms with Gasteiger partial charge in [-0.2, -0.15) is 0 Å². The van der Waals surface area contributed by atoms with E-state index in [-0.39, 0.29) is 17.6 Å². The Morgan fingerprint density at radius 2 is 1.93 bits per heavy atom. The molecule has 2 aromatic carbocycles. The van der Waals surface area contributed by atoms with Crippen molar-refractivity contribution < 1.29 is 9.18 Å². The van der Waals surface area contributed by atoms with Gasteiger partial charge < -0.3 is 10.2 Å². The van der Waals surface area contributed by atoms with Crippen LogP contribution in [-0.4, -0.2) is 29.2 Å². The van der Waals surface area contributed by atoms with E-state index in [0.717, 1.165) is 42.0 Å². The van der Waals surface area contributed by atoms with Crippen LogP contribution in [0.5, 0.6) is 0 Å². The van der Waals surface area contributed by atoms with Crippen molar-refractivity contribution in [1.82, 2.24) is 10.2 Å². The van der Waals surface area contributed by atoms with Gasteiger partial charge in [0, 0.05) is 29.4 Å². The number of carbonyl (C=O) groups excluding carboxylic acids is 1. The molecule has 1 fully saturated rings. The fourth-order valence-electron chi connectivity index (χ4n) is 3.63. The van der Waals surface area contributed by atoms with Gasteiger partial charge in [-0.1, -0.05) is 17.7 Å². The number of nitrogens with one attached hydrogen (secondary N) is 1. The Hall–Kier alpha value is -2.99. The Kier molecular flexibility index (Phi) is 5.95. The van der Waals surface area contributed by atoms with Crippen LogP contribution in [-0.2, 0) is 4.79 Å². The Balaban J connectivity index is 1.43. The molecule has 5 nitrogen and oxygen atoms in total. The van der Waals surface area contributed by atoms with E-state index in [1.54, 1.807) is 18.2 Å². The van der Waals surface area contributed by atoms with Crippen LogP contribution in [0.4, 0.5) is 15.9 Å². The third-order valence-electron chi connectivity index (χ3n) is 5.36. The van der Waals surface area contributed by atoms with Gasteiger partial charge in [0.05, 0.1) is 11.6 Å². The van der Waals surface area contributed by atoms with Gasteiger partial charge in [0.15, 0.2) is 5.82 Å². The molecule has 154 valence electrons. The number of piperidine rings is 1. The lowest BCUT2D eigenvalue weighted by Gasteiger charge is -2.32. The molecular formula is C23H22ClFN4O. The summed E-state index contributed by atoms with van der Waals surface area (Å²) in [5, 5.41) is 12.2. The van der Waals surface area contributed by atoms with Gasteiger partial charge in [-0.25, -0.2) is 4.39 Å². The molecule has 1 N–H and O–H groups in total. The summed E-state index contributed by atoms with van der Waals surface area (Å²) in [4.78, 5) is 14.9. The molecule has 0 radical (unpaired) electrons. The van der Waals surface area contributed by atoms with Crippen LogP contribution in [0.15, 0.2) is 54.6 Å². The molecular weight excluding hydrogens is 403 g/mol. The number of carbonyl (C=O) groups is 1. The lowest BCUT2D eigenvalue weighted by Crippen LogP contribution is -2.41. The summed E-state index contributed by atoms with van der Waals surface area (Å²) in [6.45, 7) is 3.35. The SMILES string of the molecule is Cc1ccc(Cl)cc1NC(=O)C1CCCN(c2ccc(-c3ccc(F)cc3)nn2)C1. The predicted octanol–water partition coefficient (Wildman–Crippen LogP) is 5.10. The molecule has 2 heterocycles. The zero-order valence-electron chi connectivity index (χ0n) is 16.6. The number of halogens is 2. The highest BCUT2D eigenvalue weighted by molar-refractivity contribution is 6.31. The third-order valence-corrected chi connectivity index (χ3v) is 5.60. The molecule has 0 aliphatic carbocycles. The Labute approximate surface area is 179 Å². The molecule has 0 saturated carbocycles. The Bertz CT molecular complexity index is 1040. The van der Waals surface area contributed by atoms with Gasteiger partial charge in [0.25, 0.3) is 0 Å². The first kappa shape index (κ1) is 20.3. The molecule has 1 aliphatic heterocycles. The summed E-state index contributed by atoms with van der Waals surface area (Å²) in [6, 6.07) is 15.4. The van der Waals surface area contributed by atoms with E-state index >= 15 is 0 Å². The van der Waals surface area contributed by atoms with Crippen molar-refractivity contribution in [3.8, 4) is 11.3 Å². The fraction of sp³-hybridized carbons (Fsp3) is 0.261. The van der Waals surface area contributed by atoms with E-state index in [4.69, 9.17) is 11.6 Å². The maximum absolute atomic E-state index is 13.1. The van der Waals surface area contributed by atoms with Crippen molar-refractivity contribution in [2.45, 2.75) is 19.8 Å². The van der Waals surface area contributed by atoms with Gasteiger partial charge >= 0.3 is 0 Å². The summed E-state index contributed by atoms with van der Waals surface area (Å²) < 4.78 is 13.1. The van der Waals surface area contributed by atoms with Gasteiger partial charge in [0.1, 0.15) is 5.82 Å². The van der Waals surface area contributed by atoms with Crippen molar-refractivity contribution in [1.29, 1.82) is 0 Å². The van der Waals surface area contributed by atoms with Crippen LogP contribution in [0, 0.1) is 18.7 Å². The van der Waals surface area contributed by atoms with E-state index in [1.165, 1.54) is 12.1 Å². The standard InChI is InChI=1S/C23H22ClFN4O/c1-15-4-7-18(24)13-21(15)26-23(30)17-3-2-12-29(14-17)22-11-10-20(27-28-22)16-5-8-19(25)9-6-16/h4-11,13,17H,2-3,12,14H2,1H3,(H,26,30). The molecule has 1 aromatic heterocycles. The second-order valence-corrected chi connectivity index (χ2v) is 7.95. The van der Waals surface area contributed by atoms with Crippen molar-refractivity contribution in [3.05, 3.63) is 71.0 Å². The van der Waals surface area contributed by atoms with Crippen molar-refractivity contribution in [2.24, 2.45) is 5.92 Å². The molecule has 1 aliphatic rings. The van der Waals surface area contributed by atoms with E-state index in [0.29, 0.717) is 17.3 Å². The second-order valence-electron chi connectivity index (χ2n) is 7.52. The highest BCUT2D eigenvalue weighted by Crippen LogP contribution is 2.26. The zero-order valence-corrected chi connectivity index (χ0v) is 17.4. The van der Waals surface area contributed by atoms with Gasteiger partial charge in [0.2, 0.25) is 5.91 Å². The number of nitrogens with zero attached hydrogens (tertiary/aromatic N) is 3. The van der Waals surface area contributed by atoms with E-state index < -0.39 is 0 Å². The topological polar surface area (TPSA) is 58.1 Å². The molecule has 30 heavy (non-hydrogen) atoms. The molecule has 0 spiro atoms. The number of anilines is 2. The molecule has 1 atom stereocenters. The van der Waals surface area contributed by atoms with Crippen LogP contribution in [0.2, 0.25) is 5.02 Å². The third kappa shape index (κ3) is 4.60. The second kappa shape index (κ2) is 8.79. The van der Waals surface area contributed by atoms with E-state index in [1.807, 2.05) is 31.2 Å². The van der Waals surface area contributed by atoms with Crippen LogP contribution >= 0.6 is 11.6 Å². The van der Waals surface area contributed by atoms with Crippen molar-refractivity contribution in [3.63, 3.8) is 0 Å². The average molecular weight is 425 g/mol. The van der Waals surface area contributed by atoms with Crippen LogP contribution in [0.25, 0.3) is 11.3 Å². The highest BCUT2D eigenvalue weighted by Gasteiger charge is 2.27. The van der Waals surface area contributed by atoms with Crippen molar-refractivity contribution >= 4 is 29.0 Å². The number of aryl methyl sites for hydroxylation is 1. The first-order chi connectivity index (χ1) is 14.5. The average Bonchev–Trinajstić information content (AvgIpc) is 2.77. The summed E-state index contributed by atoms with van der Waals surface area (Å²) >= 11 is 6.06. The number of amides is 1. The summed E-state index contributed by atoms with van der Waals surface area (Å²) in [6.07, 6.45) is 1.72. The minimum absolute atomic E-state index is 0.0130. The number of rotatable bonds is 4. The van der Waals surface area contributed by atoms with Crippen molar-refractivity contribution in [2.75, 3.05) is 23.3 Å². The minimum atomic E-state index is -0.283. The predicted molar refractivity (Wildman–Crippen MR) is 117 cm³/mol. The normalized spacial score (nSPS) is 16.4. The highest BCUT2D eigenvalue weighted by atomic mass is 35.5. The molecule has 7 heteroatoms. The lowest BCUT2D eigenvalue weighted by molar-refractivity contribution is -0.120. The Morgan fingerprint density at radius 3 is 2.67 bits per heavy atom. The summed E-state index contributed by atoms with van der Waals surface area (Å²) in [5.74, 6) is 0.294. The largest absolute Gasteiger partial charge is 0.354 e. The summed E-state index contributed by atoms with van der Waals surface area (Å²) in [7, 11) is 0. The Morgan fingerprint density at radius 1 is 1.13 bits per heavy atom. The molecule has 0 bridgehead atoms. The van der Waals surface area contributed by atoms with Crippen LogP contribution < -0.4 is 10.2 Å². The molecule has 1 unspecified atom stereocenters. The number of hydrogen-bond donors (Lipinski definition) is 1. The maximum atomic E-state index is 13.1. The van der Waals surface area contributed by atoms with E-state index in [9.17, 15) is 9.18 Å². The zero-order chi connectivity index (χ0) is 21.1. The lowest BCUT2D eigenvalue weighted by atomic mass is 9.97. The fourth-order valence-corrected chi connectivity index (χ4v) is 3.80. The maximum Gasteiger partial charge on any atom is 0.229 e.